The molecule has 0 spiro atoms. The van der Waals surface area contributed by atoms with Crippen LogP contribution in [-0.4, -0.2) is 34.9 Å². The molecule has 0 saturated heterocycles. The van der Waals surface area contributed by atoms with Crippen molar-refractivity contribution in [3.63, 3.8) is 0 Å². The Morgan fingerprint density at radius 1 is 0.903 bits per heavy atom. The van der Waals surface area contributed by atoms with Crippen molar-refractivity contribution in [2.75, 3.05) is 0 Å². The van der Waals surface area contributed by atoms with E-state index in [1.165, 1.54) is 12.1 Å². The van der Waals surface area contributed by atoms with Crippen LogP contribution in [0.15, 0.2) is 67.3 Å². The number of fused-ring (bicyclic) bond motifs is 2. The standard InChI is InChI=1S/C23H16FN7/c1-31-12-14(10-27-31)19-8-17-21(11-26-19)29-30-23(17)20-9-16-18(28-20)5-6-25-22(16)13-3-2-4-15(24)7-13/h2-12,28H,1H3,(H,29,30). The average Bonchev–Trinajstić information content (AvgIpc) is 3.50. The number of benzene rings is 1. The zero-order valence-corrected chi connectivity index (χ0v) is 16.5. The van der Waals surface area contributed by atoms with E-state index in [9.17, 15) is 4.39 Å². The highest BCUT2D eigenvalue weighted by molar-refractivity contribution is 6.00. The molecule has 1 aromatic carbocycles. The fraction of sp³-hybridized carbons (Fsp3) is 0.0435. The molecule has 0 fully saturated rings. The van der Waals surface area contributed by atoms with E-state index >= 15 is 0 Å². The molecule has 5 heterocycles. The number of H-pyrrole nitrogens is 2. The predicted octanol–water partition coefficient (Wildman–Crippen LogP) is 4.71. The number of hydrogen-bond donors (Lipinski definition) is 2. The zero-order valence-electron chi connectivity index (χ0n) is 16.5. The summed E-state index contributed by atoms with van der Waals surface area (Å²) < 4.78 is 15.5. The van der Waals surface area contributed by atoms with Crippen molar-refractivity contribution in [1.82, 2.24) is 34.9 Å². The van der Waals surface area contributed by atoms with Gasteiger partial charge in [0.15, 0.2) is 0 Å². The van der Waals surface area contributed by atoms with Crippen molar-refractivity contribution >= 4 is 21.8 Å². The summed E-state index contributed by atoms with van der Waals surface area (Å²) in [5.74, 6) is -0.291. The molecule has 0 amide bonds. The molecule has 0 aliphatic rings. The Hall–Kier alpha value is -4.33. The molecule has 0 atom stereocenters. The molecule has 0 aliphatic carbocycles. The van der Waals surface area contributed by atoms with E-state index in [-0.39, 0.29) is 5.82 Å². The van der Waals surface area contributed by atoms with Crippen molar-refractivity contribution in [3.8, 4) is 33.9 Å². The van der Waals surface area contributed by atoms with Crippen molar-refractivity contribution in [3.05, 3.63) is 73.1 Å². The van der Waals surface area contributed by atoms with Crippen LogP contribution in [0.4, 0.5) is 4.39 Å². The first-order valence-corrected chi connectivity index (χ1v) is 9.73. The highest BCUT2D eigenvalue weighted by Crippen LogP contribution is 2.33. The van der Waals surface area contributed by atoms with Gasteiger partial charge in [0, 0.05) is 46.9 Å². The molecule has 5 aromatic heterocycles. The molecule has 0 radical (unpaired) electrons. The van der Waals surface area contributed by atoms with Gasteiger partial charge in [-0.1, -0.05) is 12.1 Å². The van der Waals surface area contributed by atoms with Crippen LogP contribution in [0.2, 0.25) is 0 Å². The minimum atomic E-state index is -0.291. The summed E-state index contributed by atoms with van der Waals surface area (Å²) in [6.45, 7) is 0. The molecule has 150 valence electrons. The lowest BCUT2D eigenvalue weighted by atomic mass is 10.1. The summed E-state index contributed by atoms with van der Waals surface area (Å²) in [7, 11) is 1.88. The first-order valence-electron chi connectivity index (χ1n) is 9.73. The number of halogens is 1. The fourth-order valence-electron chi connectivity index (χ4n) is 3.88. The predicted molar refractivity (Wildman–Crippen MR) is 117 cm³/mol. The molecular weight excluding hydrogens is 393 g/mol. The summed E-state index contributed by atoms with van der Waals surface area (Å²) >= 11 is 0. The molecule has 8 heteroatoms. The van der Waals surface area contributed by atoms with Crippen LogP contribution in [0.25, 0.3) is 55.7 Å². The van der Waals surface area contributed by atoms with Gasteiger partial charge in [0.1, 0.15) is 11.5 Å². The van der Waals surface area contributed by atoms with E-state index in [0.717, 1.165) is 55.7 Å². The SMILES string of the molecule is Cn1cc(-c2cc3c(-c4cc5c(-c6cccc(F)c6)nccc5[nH]4)n[nH]c3cn2)cn1. The number of rotatable bonds is 3. The number of nitrogens with zero attached hydrogens (tertiary/aromatic N) is 5. The zero-order chi connectivity index (χ0) is 20.9. The molecule has 7 nitrogen and oxygen atoms in total. The molecule has 0 unspecified atom stereocenters. The highest BCUT2D eigenvalue weighted by atomic mass is 19.1. The Labute approximate surface area is 175 Å². The molecule has 31 heavy (non-hydrogen) atoms. The Balaban J connectivity index is 1.51. The second-order valence-electron chi connectivity index (χ2n) is 7.40. The van der Waals surface area contributed by atoms with Gasteiger partial charge in [0.25, 0.3) is 0 Å². The quantitative estimate of drug-likeness (QED) is 0.443. The minimum absolute atomic E-state index is 0.291. The summed E-state index contributed by atoms with van der Waals surface area (Å²) in [5, 5.41) is 13.6. The Kier molecular flexibility index (Phi) is 3.73. The van der Waals surface area contributed by atoms with Crippen LogP contribution < -0.4 is 0 Å². The fourth-order valence-corrected chi connectivity index (χ4v) is 3.88. The van der Waals surface area contributed by atoms with Crippen LogP contribution in [0.5, 0.6) is 0 Å². The van der Waals surface area contributed by atoms with E-state index in [2.05, 4.69) is 30.2 Å². The number of aryl methyl sites for hydroxylation is 1. The minimum Gasteiger partial charge on any atom is -0.353 e. The normalized spacial score (nSPS) is 11.5. The van der Waals surface area contributed by atoms with Gasteiger partial charge in [-0.2, -0.15) is 10.2 Å². The van der Waals surface area contributed by atoms with E-state index < -0.39 is 0 Å². The number of pyridine rings is 2. The Bertz CT molecular complexity index is 1570. The highest BCUT2D eigenvalue weighted by Gasteiger charge is 2.15. The van der Waals surface area contributed by atoms with E-state index in [1.807, 2.05) is 37.5 Å². The molecule has 6 rings (SSSR count). The first-order chi connectivity index (χ1) is 15.2. The smallest absolute Gasteiger partial charge is 0.123 e. The third-order valence-electron chi connectivity index (χ3n) is 5.35. The second-order valence-corrected chi connectivity index (χ2v) is 7.40. The number of aromatic amines is 2. The Morgan fingerprint density at radius 2 is 1.81 bits per heavy atom. The van der Waals surface area contributed by atoms with Gasteiger partial charge in [-0.05, 0) is 30.3 Å². The van der Waals surface area contributed by atoms with Gasteiger partial charge in [-0.3, -0.25) is 19.7 Å². The van der Waals surface area contributed by atoms with Gasteiger partial charge < -0.3 is 4.98 Å². The molecule has 2 N–H and O–H groups in total. The van der Waals surface area contributed by atoms with Crippen molar-refractivity contribution in [1.29, 1.82) is 0 Å². The van der Waals surface area contributed by atoms with Crippen LogP contribution in [0.3, 0.4) is 0 Å². The summed E-state index contributed by atoms with van der Waals surface area (Å²) in [6.07, 6.45) is 7.20. The van der Waals surface area contributed by atoms with Gasteiger partial charge in [-0.25, -0.2) is 4.39 Å². The maximum absolute atomic E-state index is 13.8. The van der Waals surface area contributed by atoms with Gasteiger partial charge in [-0.15, -0.1) is 0 Å². The largest absolute Gasteiger partial charge is 0.353 e. The molecule has 0 bridgehead atoms. The van der Waals surface area contributed by atoms with Gasteiger partial charge >= 0.3 is 0 Å². The van der Waals surface area contributed by atoms with Crippen LogP contribution in [0.1, 0.15) is 0 Å². The summed E-state index contributed by atoms with van der Waals surface area (Å²) in [6, 6.07) is 12.4. The first kappa shape index (κ1) is 17.5. The number of nitrogens with one attached hydrogen (secondary N) is 2. The molecule has 0 aliphatic heterocycles. The van der Waals surface area contributed by atoms with E-state index in [0.29, 0.717) is 0 Å². The average molecular weight is 409 g/mol. The lowest BCUT2D eigenvalue weighted by molar-refractivity contribution is 0.628. The third kappa shape index (κ3) is 2.88. The summed E-state index contributed by atoms with van der Waals surface area (Å²) in [5.41, 5.74) is 6.57. The molecule has 6 aromatic rings. The number of aromatic nitrogens is 7. The second kappa shape index (κ2) is 6.60. The van der Waals surface area contributed by atoms with Crippen LogP contribution >= 0.6 is 0 Å². The monoisotopic (exact) mass is 409 g/mol. The van der Waals surface area contributed by atoms with Gasteiger partial charge in [0.2, 0.25) is 0 Å². The van der Waals surface area contributed by atoms with Crippen molar-refractivity contribution in [2.24, 2.45) is 7.05 Å². The van der Waals surface area contributed by atoms with E-state index in [4.69, 9.17) is 0 Å². The van der Waals surface area contributed by atoms with Crippen LogP contribution in [-0.2, 0) is 7.05 Å². The molecular formula is C23H16FN7. The Morgan fingerprint density at radius 3 is 2.65 bits per heavy atom. The number of hydrogen-bond acceptors (Lipinski definition) is 4. The van der Waals surface area contributed by atoms with Crippen molar-refractivity contribution < 1.29 is 4.39 Å². The molecule has 0 saturated carbocycles. The lowest BCUT2D eigenvalue weighted by Crippen LogP contribution is -1.85. The van der Waals surface area contributed by atoms with Crippen LogP contribution in [0, 0.1) is 5.82 Å². The third-order valence-corrected chi connectivity index (χ3v) is 5.35. The lowest BCUT2D eigenvalue weighted by Gasteiger charge is -2.02. The maximum atomic E-state index is 13.8. The maximum Gasteiger partial charge on any atom is 0.123 e. The van der Waals surface area contributed by atoms with Crippen molar-refractivity contribution in [2.45, 2.75) is 0 Å². The topological polar surface area (TPSA) is 88.1 Å². The summed E-state index contributed by atoms with van der Waals surface area (Å²) in [4.78, 5) is 12.4. The van der Waals surface area contributed by atoms with Gasteiger partial charge in [0.05, 0.1) is 35.0 Å². The van der Waals surface area contributed by atoms with E-state index in [1.54, 1.807) is 29.3 Å².